The molecule has 1 aromatic carbocycles. The third kappa shape index (κ3) is 3.63. The molecule has 0 radical (unpaired) electrons. The molecule has 5 nitrogen and oxygen atoms in total. The van der Waals surface area contributed by atoms with E-state index in [0.717, 1.165) is 25.7 Å². The van der Waals surface area contributed by atoms with E-state index in [1.807, 2.05) is 0 Å². The fourth-order valence-corrected chi connectivity index (χ4v) is 5.27. The Morgan fingerprint density at radius 3 is 2.61 bits per heavy atom. The molecule has 1 heterocycles. The minimum Gasteiger partial charge on any atom is -0.352 e. The number of hydrogen-bond acceptors (Lipinski definition) is 3. The largest absolute Gasteiger partial charge is 0.352 e. The fourth-order valence-electron chi connectivity index (χ4n) is 3.34. The normalized spacial score (nSPS) is 20.8. The van der Waals surface area contributed by atoms with Gasteiger partial charge < -0.3 is 5.32 Å². The maximum Gasteiger partial charge on any atom is 0.240 e. The van der Waals surface area contributed by atoms with Crippen molar-refractivity contribution in [2.45, 2.75) is 50.3 Å². The molecule has 0 bridgehead atoms. The van der Waals surface area contributed by atoms with Gasteiger partial charge in [-0.05, 0) is 25.0 Å². The van der Waals surface area contributed by atoms with Crippen LogP contribution in [0.1, 0.15) is 44.1 Å². The first-order valence-corrected chi connectivity index (χ1v) is 10.0. The number of carbonyl (C=O) groups excluding carboxylic acids is 1. The van der Waals surface area contributed by atoms with Crippen LogP contribution in [-0.2, 0) is 20.6 Å². The monoisotopic (exact) mass is 356 g/mol. The van der Waals surface area contributed by atoms with E-state index in [1.54, 1.807) is 18.2 Å². The summed E-state index contributed by atoms with van der Waals surface area (Å²) in [5.41, 5.74) is 1.10. The molecule has 0 aromatic heterocycles. The highest BCUT2D eigenvalue weighted by Crippen LogP contribution is 2.37. The number of hydrogen-bond donors (Lipinski definition) is 1. The zero-order valence-corrected chi connectivity index (χ0v) is 14.5. The number of anilines is 1. The smallest absolute Gasteiger partial charge is 0.240 e. The van der Waals surface area contributed by atoms with E-state index in [0.29, 0.717) is 16.3 Å². The molecule has 126 valence electrons. The number of rotatable bonds is 3. The van der Waals surface area contributed by atoms with Gasteiger partial charge in [0.1, 0.15) is 6.54 Å². The number of amides is 1. The second-order valence-corrected chi connectivity index (χ2v) is 8.56. The maximum atomic E-state index is 12.3. The molecule has 0 atom stereocenters. The summed E-state index contributed by atoms with van der Waals surface area (Å²) >= 11 is 6.08. The van der Waals surface area contributed by atoms with E-state index in [9.17, 15) is 13.2 Å². The van der Waals surface area contributed by atoms with Gasteiger partial charge in [0.25, 0.3) is 0 Å². The first kappa shape index (κ1) is 16.6. The average Bonchev–Trinajstić information content (AvgIpc) is 2.67. The Morgan fingerprint density at radius 2 is 1.91 bits per heavy atom. The molecule has 1 N–H and O–H groups in total. The van der Waals surface area contributed by atoms with E-state index < -0.39 is 10.0 Å². The van der Waals surface area contributed by atoms with Crippen molar-refractivity contribution < 1.29 is 13.2 Å². The van der Waals surface area contributed by atoms with Gasteiger partial charge in [-0.3, -0.25) is 9.10 Å². The van der Waals surface area contributed by atoms with Crippen LogP contribution in [0.4, 0.5) is 5.69 Å². The minimum atomic E-state index is -3.52. The third-order valence-corrected chi connectivity index (χ3v) is 6.54. The average molecular weight is 357 g/mol. The summed E-state index contributed by atoms with van der Waals surface area (Å²) in [6, 6.07) is 5.24. The van der Waals surface area contributed by atoms with E-state index in [2.05, 4.69) is 5.32 Å². The molecule has 0 unspecified atom stereocenters. The Morgan fingerprint density at radius 1 is 1.22 bits per heavy atom. The highest BCUT2D eigenvalue weighted by molar-refractivity contribution is 7.92. The Kier molecular flexibility index (Phi) is 4.82. The van der Waals surface area contributed by atoms with Crippen molar-refractivity contribution >= 4 is 33.2 Å². The van der Waals surface area contributed by atoms with Crippen LogP contribution >= 0.6 is 11.6 Å². The highest BCUT2D eigenvalue weighted by Gasteiger charge is 2.35. The van der Waals surface area contributed by atoms with Gasteiger partial charge in [-0.1, -0.05) is 43.4 Å². The van der Waals surface area contributed by atoms with Gasteiger partial charge in [0.15, 0.2) is 0 Å². The van der Waals surface area contributed by atoms with Gasteiger partial charge in [0.2, 0.25) is 15.9 Å². The quantitative estimate of drug-likeness (QED) is 0.847. The number of fused-ring (bicyclic) bond motifs is 1. The topological polar surface area (TPSA) is 66.5 Å². The van der Waals surface area contributed by atoms with Crippen LogP contribution in [0.5, 0.6) is 0 Å². The van der Waals surface area contributed by atoms with Crippen LogP contribution in [0.2, 0.25) is 5.02 Å². The molecule has 3 rings (SSSR count). The molecule has 1 saturated carbocycles. The Balaban J connectivity index is 1.72. The number of carbonyl (C=O) groups is 1. The van der Waals surface area contributed by atoms with Crippen molar-refractivity contribution in [3.63, 3.8) is 0 Å². The minimum absolute atomic E-state index is 0.140. The molecule has 0 saturated heterocycles. The Labute approximate surface area is 142 Å². The fraction of sp³-hybridized carbons (Fsp3) is 0.562. The van der Waals surface area contributed by atoms with Gasteiger partial charge in [-0.2, -0.15) is 0 Å². The van der Waals surface area contributed by atoms with Crippen molar-refractivity contribution in [1.82, 2.24) is 5.32 Å². The summed E-state index contributed by atoms with van der Waals surface area (Å²) in [6.45, 7) is -0.174. The van der Waals surface area contributed by atoms with Gasteiger partial charge in [0.05, 0.1) is 11.4 Å². The van der Waals surface area contributed by atoms with E-state index in [4.69, 9.17) is 11.6 Å². The summed E-state index contributed by atoms with van der Waals surface area (Å²) in [5.74, 6) is -0.382. The Hall–Kier alpha value is -1.27. The lowest BCUT2D eigenvalue weighted by Gasteiger charge is -2.21. The SMILES string of the molecule is O=C(CN1c2cccc(Cl)c2CS1(=O)=O)NC1CCCCCC1. The summed E-state index contributed by atoms with van der Waals surface area (Å²) in [5, 5.41) is 3.42. The second kappa shape index (κ2) is 6.69. The predicted octanol–water partition coefficient (Wildman–Crippen LogP) is 2.83. The van der Waals surface area contributed by atoms with Crippen LogP contribution < -0.4 is 9.62 Å². The lowest BCUT2D eigenvalue weighted by molar-refractivity contribution is -0.120. The van der Waals surface area contributed by atoms with E-state index >= 15 is 0 Å². The van der Waals surface area contributed by atoms with Crippen molar-refractivity contribution in [1.29, 1.82) is 0 Å². The second-order valence-electron chi connectivity index (χ2n) is 6.26. The van der Waals surface area contributed by atoms with Crippen molar-refractivity contribution in [2.24, 2.45) is 0 Å². The first-order valence-electron chi connectivity index (χ1n) is 8.04. The van der Waals surface area contributed by atoms with Crippen LogP contribution in [0.25, 0.3) is 0 Å². The summed E-state index contributed by atoms with van der Waals surface area (Å²) in [7, 11) is -3.52. The van der Waals surface area contributed by atoms with Crippen molar-refractivity contribution in [2.75, 3.05) is 10.8 Å². The van der Waals surface area contributed by atoms with Crippen LogP contribution in [0, 0.1) is 0 Å². The molecular weight excluding hydrogens is 336 g/mol. The predicted molar refractivity (Wildman–Crippen MR) is 91.1 cm³/mol. The lowest BCUT2D eigenvalue weighted by Crippen LogP contribution is -2.43. The molecular formula is C16H21ClN2O3S. The molecule has 1 amide bonds. The molecule has 7 heteroatoms. The summed E-state index contributed by atoms with van der Waals surface area (Å²) in [4.78, 5) is 12.3. The zero-order chi connectivity index (χ0) is 16.4. The van der Waals surface area contributed by atoms with Gasteiger partial charge in [-0.15, -0.1) is 0 Å². The molecule has 23 heavy (non-hydrogen) atoms. The van der Waals surface area contributed by atoms with Crippen molar-refractivity contribution in [3.05, 3.63) is 28.8 Å². The molecule has 1 aromatic rings. The first-order chi connectivity index (χ1) is 11.0. The molecule has 2 aliphatic rings. The molecule has 1 fully saturated rings. The van der Waals surface area contributed by atoms with E-state index in [1.165, 1.54) is 17.1 Å². The number of nitrogens with one attached hydrogen (secondary N) is 1. The number of benzene rings is 1. The zero-order valence-electron chi connectivity index (χ0n) is 12.9. The standard InChI is InChI=1S/C16H21ClN2O3S/c17-14-8-5-9-15-13(14)11-23(21,22)19(15)10-16(20)18-12-6-3-1-2-4-7-12/h5,8-9,12H,1-4,6-7,10-11H2,(H,18,20). The number of sulfonamides is 1. The van der Waals surface area contributed by atoms with E-state index in [-0.39, 0.29) is 24.2 Å². The number of nitrogens with zero attached hydrogens (tertiary/aromatic N) is 1. The van der Waals surface area contributed by atoms with Crippen LogP contribution in [-0.4, -0.2) is 26.9 Å². The summed E-state index contributed by atoms with van der Waals surface area (Å²) in [6.07, 6.45) is 6.59. The summed E-state index contributed by atoms with van der Waals surface area (Å²) < 4.78 is 25.9. The van der Waals surface area contributed by atoms with Crippen LogP contribution in [0.15, 0.2) is 18.2 Å². The maximum absolute atomic E-state index is 12.3. The molecule has 1 aliphatic carbocycles. The van der Waals surface area contributed by atoms with Crippen molar-refractivity contribution in [3.8, 4) is 0 Å². The highest BCUT2D eigenvalue weighted by atomic mass is 35.5. The lowest BCUT2D eigenvalue weighted by atomic mass is 10.1. The van der Waals surface area contributed by atoms with Gasteiger partial charge in [0, 0.05) is 16.6 Å². The molecule has 0 spiro atoms. The number of halogens is 1. The Bertz CT molecular complexity index is 697. The van der Waals surface area contributed by atoms with Crippen LogP contribution in [0.3, 0.4) is 0 Å². The molecule has 1 aliphatic heterocycles. The third-order valence-electron chi connectivity index (χ3n) is 4.53. The van der Waals surface area contributed by atoms with Gasteiger partial charge in [-0.25, -0.2) is 8.42 Å². The van der Waals surface area contributed by atoms with Gasteiger partial charge >= 0.3 is 0 Å².